The minimum Gasteiger partial charge on any atom is -0.493 e. The van der Waals surface area contributed by atoms with Crippen molar-refractivity contribution in [1.29, 1.82) is 0 Å². The van der Waals surface area contributed by atoms with Crippen LogP contribution in [-0.4, -0.2) is 22.5 Å². The summed E-state index contributed by atoms with van der Waals surface area (Å²) in [6.45, 7) is 13.1. The Morgan fingerprint density at radius 3 is 2.33 bits per heavy atom. The fraction of sp³-hybridized carbons (Fsp3) is 0.375. The Labute approximate surface area is 185 Å². The van der Waals surface area contributed by atoms with Crippen molar-refractivity contribution >= 4 is 33.0 Å². The van der Waals surface area contributed by atoms with E-state index >= 15 is 0 Å². The van der Waals surface area contributed by atoms with E-state index in [-0.39, 0.29) is 16.4 Å². The SMILES string of the molecule is CC(C)(C)COc1ccc(C=Nn2c(C(C)(C)C)nc3ccc(Br)cc3c2=O)cc1. The summed E-state index contributed by atoms with van der Waals surface area (Å²) in [5.41, 5.74) is 1.11. The molecule has 0 fully saturated rings. The van der Waals surface area contributed by atoms with Gasteiger partial charge in [-0.25, -0.2) is 4.98 Å². The van der Waals surface area contributed by atoms with Crippen LogP contribution in [0.25, 0.3) is 10.9 Å². The Morgan fingerprint density at radius 1 is 1.07 bits per heavy atom. The molecule has 3 aromatic rings. The van der Waals surface area contributed by atoms with Crippen LogP contribution in [0.5, 0.6) is 5.75 Å². The first-order valence-electron chi connectivity index (χ1n) is 9.94. The minimum absolute atomic E-state index is 0.0999. The molecule has 30 heavy (non-hydrogen) atoms. The third-order valence-electron chi connectivity index (χ3n) is 4.35. The third-order valence-corrected chi connectivity index (χ3v) is 4.85. The predicted octanol–water partition coefficient (Wildman–Crippen LogP) is 5.76. The molecular formula is C24H28BrN3O2. The van der Waals surface area contributed by atoms with Crippen LogP contribution in [0.1, 0.15) is 52.9 Å². The summed E-state index contributed by atoms with van der Waals surface area (Å²) in [6, 6.07) is 13.2. The Kier molecular flexibility index (Phi) is 6.18. The second-order valence-corrected chi connectivity index (χ2v) is 10.5. The molecule has 3 rings (SSSR count). The topological polar surface area (TPSA) is 56.5 Å². The van der Waals surface area contributed by atoms with Gasteiger partial charge in [0.25, 0.3) is 5.56 Å². The van der Waals surface area contributed by atoms with Gasteiger partial charge in [0.05, 0.1) is 23.7 Å². The fourth-order valence-electron chi connectivity index (χ4n) is 2.82. The number of hydrogen-bond acceptors (Lipinski definition) is 4. The van der Waals surface area contributed by atoms with E-state index in [9.17, 15) is 4.79 Å². The van der Waals surface area contributed by atoms with Gasteiger partial charge in [-0.1, -0.05) is 57.5 Å². The van der Waals surface area contributed by atoms with Crippen molar-refractivity contribution in [3.8, 4) is 5.75 Å². The van der Waals surface area contributed by atoms with Crippen LogP contribution >= 0.6 is 15.9 Å². The molecule has 0 saturated heterocycles. The van der Waals surface area contributed by atoms with Crippen molar-refractivity contribution in [3.05, 3.63) is 68.7 Å². The summed E-state index contributed by atoms with van der Waals surface area (Å²) in [7, 11) is 0. The molecule has 0 N–H and O–H groups in total. The van der Waals surface area contributed by atoms with Gasteiger partial charge in [-0.15, -0.1) is 0 Å². The summed E-state index contributed by atoms with van der Waals surface area (Å²) >= 11 is 3.43. The van der Waals surface area contributed by atoms with Gasteiger partial charge >= 0.3 is 0 Å². The maximum atomic E-state index is 13.2. The minimum atomic E-state index is -0.345. The lowest BCUT2D eigenvalue weighted by Crippen LogP contribution is -2.29. The monoisotopic (exact) mass is 469 g/mol. The maximum absolute atomic E-state index is 13.2. The van der Waals surface area contributed by atoms with Crippen LogP contribution in [0.4, 0.5) is 0 Å². The summed E-state index contributed by atoms with van der Waals surface area (Å²) < 4.78 is 8.05. The molecule has 0 unspecified atom stereocenters. The molecule has 0 spiro atoms. The van der Waals surface area contributed by atoms with E-state index in [1.807, 2.05) is 57.2 Å². The molecule has 158 valence electrons. The normalized spacial score (nSPS) is 12.6. The van der Waals surface area contributed by atoms with Crippen molar-refractivity contribution in [2.75, 3.05) is 6.61 Å². The molecule has 0 atom stereocenters. The zero-order chi connectivity index (χ0) is 22.1. The first-order chi connectivity index (χ1) is 13.9. The second-order valence-electron chi connectivity index (χ2n) is 9.63. The Balaban J connectivity index is 1.97. The fourth-order valence-corrected chi connectivity index (χ4v) is 3.18. The molecule has 2 aromatic carbocycles. The Morgan fingerprint density at radius 2 is 1.73 bits per heavy atom. The zero-order valence-corrected chi connectivity index (χ0v) is 19.9. The van der Waals surface area contributed by atoms with E-state index in [2.05, 4.69) is 41.8 Å². The van der Waals surface area contributed by atoms with Crippen LogP contribution in [0.15, 0.2) is 56.8 Å². The molecule has 0 aliphatic heterocycles. The molecule has 0 amide bonds. The highest BCUT2D eigenvalue weighted by atomic mass is 79.9. The Hall–Kier alpha value is -2.47. The molecule has 0 radical (unpaired) electrons. The van der Waals surface area contributed by atoms with Crippen LogP contribution in [0.3, 0.4) is 0 Å². The standard InChI is InChI=1S/C24H28BrN3O2/c1-23(2,3)15-30-18-10-7-16(8-11-18)14-26-28-21(29)19-13-17(25)9-12-20(19)27-22(28)24(4,5)6/h7-14H,15H2,1-6H3. The molecule has 0 aliphatic rings. The smallest absolute Gasteiger partial charge is 0.282 e. The maximum Gasteiger partial charge on any atom is 0.282 e. The van der Waals surface area contributed by atoms with Crippen molar-refractivity contribution in [2.24, 2.45) is 10.5 Å². The summed E-state index contributed by atoms with van der Waals surface area (Å²) in [4.78, 5) is 17.9. The number of rotatable bonds is 4. The number of ether oxygens (including phenoxy) is 1. The van der Waals surface area contributed by atoms with Gasteiger partial charge < -0.3 is 4.74 Å². The highest BCUT2D eigenvalue weighted by Gasteiger charge is 2.22. The van der Waals surface area contributed by atoms with Gasteiger partial charge in [-0.2, -0.15) is 9.78 Å². The molecular weight excluding hydrogens is 442 g/mol. The van der Waals surface area contributed by atoms with Crippen LogP contribution in [0.2, 0.25) is 0 Å². The molecule has 6 heteroatoms. The van der Waals surface area contributed by atoms with Crippen molar-refractivity contribution in [3.63, 3.8) is 0 Å². The molecule has 1 aromatic heterocycles. The van der Waals surface area contributed by atoms with E-state index < -0.39 is 0 Å². The van der Waals surface area contributed by atoms with E-state index in [4.69, 9.17) is 9.72 Å². The number of fused-ring (bicyclic) bond motifs is 1. The highest BCUT2D eigenvalue weighted by Crippen LogP contribution is 2.23. The average molecular weight is 470 g/mol. The predicted molar refractivity (Wildman–Crippen MR) is 127 cm³/mol. The van der Waals surface area contributed by atoms with E-state index in [1.165, 1.54) is 4.68 Å². The number of benzene rings is 2. The van der Waals surface area contributed by atoms with Gasteiger partial charge in [0, 0.05) is 9.89 Å². The largest absolute Gasteiger partial charge is 0.493 e. The molecule has 0 saturated carbocycles. The van der Waals surface area contributed by atoms with Crippen LogP contribution in [0, 0.1) is 5.41 Å². The summed E-state index contributed by atoms with van der Waals surface area (Å²) in [5.74, 6) is 1.43. The molecule has 0 aliphatic carbocycles. The highest BCUT2D eigenvalue weighted by molar-refractivity contribution is 9.10. The van der Waals surface area contributed by atoms with Gasteiger partial charge in [-0.05, 0) is 53.4 Å². The third kappa shape index (κ3) is 5.36. The van der Waals surface area contributed by atoms with Crippen LogP contribution < -0.4 is 10.3 Å². The second kappa shape index (κ2) is 8.34. The number of hydrogen-bond donors (Lipinski definition) is 0. The number of nitrogens with zero attached hydrogens (tertiary/aromatic N) is 3. The average Bonchev–Trinajstić information content (AvgIpc) is 2.65. The van der Waals surface area contributed by atoms with Gasteiger partial charge in [0.1, 0.15) is 11.6 Å². The molecule has 0 bridgehead atoms. The van der Waals surface area contributed by atoms with Crippen molar-refractivity contribution < 1.29 is 4.74 Å². The molecule has 1 heterocycles. The summed E-state index contributed by atoms with van der Waals surface area (Å²) in [5, 5.41) is 5.03. The number of aromatic nitrogens is 2. The summed E-state index contributed by atoms with van der Waals surface area (Å²) in [6.07, 6.45) is 1.68. The van der Waals surface area contributed by atoms with Gasteiger partial charge in [0.15, 0.2) is 0 Å². The van der Waals surface area contributed by atoms with E-state index in [0.29, 0.717) is 23.3 Å². The van der Waals surface area contributed by atoms with Crippen molar-refractivity contribution in [2.45, 2.75) is 47.0 Å². The lowest BCUT2D eigenvalue weighted by atomic mass is 9.95. The first-order valence-corrected chi connectivity index (χ1v) is 10.7. The zero-order valence-electron chi connectivity index (χ0n) is 18.4. The lowest BCUT2D eigenvalue weighted by molar-refractivity contribution is 0.198. The lowest BCUT2D eigenvalue weighted by Gasteiger charge is -2.21. The Bertz CT molecular complexity index is 1130. The van der Waals surface area contributed by atoms with Crippen molar-refractivity contribution in [1.82, 2.24) is 9.66 Å². The van der Waals surface area contributed by atoms with E-state index in [1.54, 1.807) is 12.3 Å². The van der Waals surface area contributed by atoms with E-state index in [0.717, 1.165) is 15.8 Å². The van der Waals surface area contributed by atoms with Crippen LogP contribution in [-0.2, 0) is 5.41 Å². The number of halogens is 1. The van der Waals surface area contributed by atoms with Gasteiger partial charge in [0.2, 0.25) is 0 Å². The van der Waals surface area contributed by atoms with Gasteiger partial charge in [-0.3, -0.25) is 4.79 Å². The molecule has 5 nitrogen and oxygen atoms in total. The quantitative estimate of drug-likeness (QED) is 0.456. The first kappa shape index (κ1) is 22.2.